The van der Waals surface area contributed by atoms with Gasteiger partial charge in [0.1, 0.15) is 6.04 Å². The monoisotopic (exact) mass is 391 g/mol. The number of hydrogen-bond acceptors (Lipinski definition) is 5. The number of rotatable bonds is 5. The molecule has 0 spiro atoms. The van der Waals surface area contributed by atoms with Crippen molar-refractivity contribution in [3.8, 4) is 0 Å². The molecule has 2 aromatic carbocycles. The average Bonchev–Trinajstić information content (AvgIpc) is 3.22. The third-order valence-corrected chi connectivity index (χ3v) is 5.44. The first-order valence-electron chi connectivity index (χ1n) is 8.78. The van der Waals surface area contributed by atoms with Crippen LogP contribution in [0.15, 0.2) is 60.0 Å². The van der Waals surface area contributed by atoms with Crippen molar-refractivity contribution in [3.05, 3.63) is 82.4 Å². The Morgan fingerprint density at radius 1 is 1.04 bits per heavy atom. The Kier molecular flexibility index (Phi) is 4.75. The number of nitrogens with zero attached hydrogens (tertiary/aromatic N) is 2. The molecular weight excluding hydrogens is 374 g/mol. The molecule has 0 saturated heterocycles. The summed E-state index contributed by atoms with van der Waals surface area (Å²) >= 11 is 1.30. The maximum atomic E-state index is 13.1. The summed E-state index contributed by atoms with van der Waals surface area (Å²) in [5.41, 5.74) is 2.29. The van der Waals surface area contributed by atoms with Crippen molar-refractivity contribution in [2.45, 2.75) is 19.4 Å². The summed E-state index contributed by atoms with van der Waals surface area (Å²) in [6.45, 7) is 1.83. The summed E-state index contributed by atoms with van der Waals surface area (Å²) in [7, 11) is 0. The number of thiazole rings is 1. The maximum absolute atomic E-state index is 13.1. The predicted molar refractivity (Wildman–Crippen MR) is 106 cm³/mol. The SMILES string of the molecule is Cc1csc(NC(=O)[C@H](Cc2ccccc2)N2C(=O)c3ccccc3C2=O)n1. The fourth-order valence-corrected chi connectivity index (χ4v) is 3.92. The van der Waals surface area contributed by atoms with Crippen LogP contribution in [0.5, 0.6) is 0 Å². The Labute approximate surface area is 165 Å². The molecule has 6 nitrogen and oxygen atoms in total. The van der Waals surface area contributed by atoms with E-state index in [-0.39, 0.29) is 6.42 Å². The van der Waals surface area contributed by atoms with Crippen LogP contribution < -0.4 is 5.32 Å². The van der Waals surface area contributed by atoms with E-state index in [0.29, 0.717) is 16.3 Å². The molecule has 1 atom stereocenters. The number of anilines is 1. The summed E-state index contributed by atoms with van der Waals surface area (Å²) in [4.78, 5) is 44.2. The molecule has 7 heteroatoms. The lowest BCUT2D eigenvalue weighted by molar-refractivity contribution is -0.119. The minimum atomic E-state index is -0.973. The number of fused-ring (bicyclic) bond motifs is 1. The van der Waals surface area contributed by atoms with Crippen LogP contribution in [0.3, 0.4) is 0 Å². The zero-order valence-electron chi connectivity index (χ0n) is 15.1. The van der Waals surface area contributed by atoms with Gasteiger partial charge in [-0.3, -0.25) is 19.3 Å². The number of carbonyl (C=O) groups is 3. The second kappa shape index (κ2) is 7.36. The number of carbonyl (C=O) groups excluding carboxylic acids is 3. The normalized spacial score (nSPS) is 14.1. The molecule has 0 unspecified atom stereocenters. The van der Waals surface area contributed by atoms with Gasteiger partial charge >= 0.3 is 0 Å². The lowest BCUT2D eigenvalue weighted by atomic mass is 10.0. The van der Waals surface area contributed by atoms with Gasteiger partial charge in [0.2, 0.25) is 5.91 Å². The Morgan fingerprint density at radius 2 is 1.64 bits per heavy atom. The van der Waals surface area contributed by atoms with E-state index in [1.54, 1.807) is 24.3 Å². The van der Waals surface area contributed by atoms with E-state index in [2.05, 4.69) is 10.3 Å². The van der Waals surface area contributed by atoms with Crippen LogP contribution >= 0.6 is 11.3 Å². The largest absolute Gasteiger partial charge is 0.300 e. The Bertz CT molecular complexity index is 1030. The lowest BCUT2D eigenvalue weighted by Gasteiger charge is -2.25. The average molecular weight is 391 g/mol. The topological polar surface area (TPSA) is 79.4 Å². The van der Waals surface area contributed by atoms with Gasteiger partial charge in [0.15, 0.2) is 5.13 Å². The number of aryl methyl sites for hydroxylation is 1. The van der Waals surface area contributed by atoms with Gasteiger partial charge in [-0.1, -0.05) is 42.5 Å². The molecule has 28 heavy (non-hydrogen) atoms. The smallest absolute Gasteiger partial charge is 0.262 e. The van der Waals surface area contributed by atoms with Crippen LogP contribution in [0.1, 0.15) is 32.0 Å². The Morgan fingerprint density at radius 3 is 2.21 bits per heavy atom. The second-order valence-corrected chi connectivity index (χ2v) is 7.37. The molecule has 3 amide bonds. The van der Waals surface area contributed by atoms with Gasteiger partial charge in [0.05, 0.1) is 16.8 Å². The van der Waals surface area contributed by atoms with Crippen molar-refractivity contribution in [3.63, 3.8) is 0 Å². The molecule has 1 N–H and O–H groups in total. The summed E-state index contributed by atoms with van der Waals surface area (Å²) in [6.07, 6.45) is 0.225. The Hall–Kier alpha value is -3.32. The van der Waals surface area contributed by atoms with E-state index in [9.17, 15) is 14.4 Å². The van der Waals surface area contributed by atoms with Crippen LogP contribution in [0.2, 0.25) is 0 Å². The van der Waals surface area contributed by atoms with Crippen molar-refractivity contribution < 1.29 is 14.4 Å². The van der Waals surface area contributed by atoms with Gasteiger partial charge in [0, 0.05) is 11.8 Å². The standard InChI is InChI=1S/C21H17N3O3S/c1-13-12-28-21(22-13)23-18(25)17(11-14-7-3-2-4-8-14)24-19(26)15-9-5-6-10-16(15)20(24)27/h2-10,12,17H,11H2,1H3,(H,22,23,25)/t17-/m0/s1. The number of imide groups is 1. The molecule has 4 rings (SSSR count). The quantitative estimate of drug-likeness (QED) is 0.677. The Balaban J connectivity index is 1.68. The van der Waals surface area contributed by atoms with E-state index in [4.69, 9.17) is 0 Å². The zero-order chi connectivity index (χ0) is 19.7. The van der Waals surface area contributed by atoms with E-state index >= 15 is 0 Å². The third-order valence-electron chi connectivity index (χ3n) is 4.56. The van der Waals surface area contributed by atoms with E-state index < -0.39 is 23.8 Å². The van der Waals surface area contributed by atoms with Gasteiger partial charge in [0.25, 0.3) is 11.8 Å². The summed E-state index contributed by atoms with van der Waals surface area (Å²) in [5.74, 6) is -1.34. The van der Waals surface area contributed by atoms with Gasteiger partial charge in [-0.25, -0.2) is 4.98 Å². The molecule has 1 aliphatic heterocycles. The van der Waals surface area contributed by atoms with Crippen LogP contribution in [-0.4, -0.2) is 33.6 Å². The number of hydrogen-bond donors (Lipinski definition) is 1. The fourth-order valence-electron chi connectivity index (χ4n) is 3.23. The molecule has 1 aliphatic rings. The molecule has 3 aromatic rings. The number of nitrogens with one attached hydrogen (secondary N) is 1. The van der Waals surface area contributed by atoms with Crippen LogP contribution in [0.25, 0.3) is 0 Å². The minimum absolute atomic E-state index is 0.225. The molecule has 0 saturated carbocycles. The van der Waals surface area contributed by atoms with Gasteiger partial charge in [-0.15, -0.1) is 11.3 Å². The van der Waals surface area contributed by atoms with Gasteiger partial charge in [-0.2, -0.15) is 0 Å². The molecule has 0 bridgehead atoms. The van der Waals surface area contributed by atoms with Crippen molar-refractivity contribution in [1.29, 1.82) is 0 Å². The fraction of sp³-hybridized carbons (Fsp3) is 0.143. The molecule has 0 radical (unpaired) electrons. The molecule has 0 fully saturated rings. The number of aromatic nitrogens is 1. The highest BCUT2D eigenvalue weighted by atomic mass is 32.1. The van der Waals surface area contributed by atoms with E-state index in [1.165, 1.54) is 11.3 Å². The summed E-state index contributed by atoms with van der Waals surface area (Å²) < 4.78 is 0. The highest BCUT2D eigenvalue weighted by molar-refractivity contribution is 7.13. The van der Waals surface area contributed by atoms with E-state index in [0.717, 1.165) is 16.2 Å². The lowest BCUT2D eigenvalue weighted by Crippen LogP contribution is -2.48. The van der Waals surface area contributed by atoms with E-state index in [1.807, 2.05) is 42.6 Å². The van der Waals surface area contributed by atoms with Crippen molar-refractivity contribution in [1.82, 2.24) is 9.88 Å². The first-order chi connectivity index (χ1) is 13.5. The molecule has 140 valence electrons. The number of amides is 3. The van der Waals surface area contributed by atoms with Crippen molar-refractivity contribution in [2.24, 2.45) is 0 Å². The predicted octanol–water partition coefficient (Wildman–Crippen LogP) is 3.30. The zero-order valence-corrected chi connectivity index (χ0v) is 15.9. The summed E-state index contributed by atoms with van der Waals surface area (Å²) in [6, 6.07) is 15.0. The van der Waals surface area contributed by atoms with Crippen LogP contribution in [0.4, 0.5) is 5.13 Å². The molecule has 1 aromatic heterocycles. The number of benzene rings is 2. The minimum Gasteiger partial charge on any atom is -0.300 e. The second-order valence-electron chi connectivity index (χ2n) is 6.51. The first-order valence-corrected chi connectivity index (χ1v) is 9.66. The first kappa shape index (κ1) is 18.1. The van der Waals surface area contributed by atoms with Crippen molar-refractivity contribution >= 4 is 34.2 Å². The maximum Gasteiger partial charge on any atom is 0.262 e. The van der Waals surface area contributed by atoms with Crippen molar-refractivity contribution in [2.75, 3.05) is 5.32 Å². The summed E-state index contributed by atoms with van der Waals surface area (Å²) in [5, 5.41) is 5.02. The molecular formula is C21H17N3O3S. The van der Waals surface area contributed by atoms with Crippen LogP contribution in [-0.2, 0) is 11.2 Å². The highest BCUT2D eigenvalue weighted by Crippen LogP contribution is 2.27. The van der Waals surface area contributed by atoms with Crippen LogP contribution in [0, 0.1) is 6.92 Å². The third kappa shape index (κ3) is 3.32. The van der Waals surface area contributed by atoms with Gasteiger partial charge < -0.3 is 5.32 Å². The molecule has 2 heterocycles. The van der Waals surface area contributed by atoms with Gasteiger partial charge in [-0.05, 0) is 24.6 Å². The molecule has 0 aliphatic carbocycles. The highest BCUT2D eigenvalue weighted by Gasteiger charge is 2.42.